The van der Waals surface area contributed by atoms with Crippen molar-refractivity contribution in [3.8, 4) is 5.75 Å². The van der Waals surface area contributed by atoms with Crippen LogP contribution in [0.15, 0.2) is 45.8 Å². The van der Waals surface area contributed by atoms with Crippen LogP contribution in [0.3, 0.4) is 0 Å². The third kappa shape index (κ3) is 6.12. The van der Waals surface area contributed by atoms with Crippen molar-refractivity contribution in [2.24, 2.45) is 4.99 Å². The number of ether oxygens (including phenoxy) is 1. The first-order chi connectivity index (χ1) is 13.6. The standard InChI is InChI=1S/C21H28N4O3.HI/c1-4-22-21(24-16(3)18-11-10-15(2)28-18)23-12-7-13-25-17-8-5-6-9-19(17)27-14-20(25)26;/h5-6,8-11,16H,4,7,12-14H2,1-3H3,(H2,22,23,24);1H. The van der Waals surface area contributed by atoms with E-state index < -0.39 is 0 Å². The van der Waals surface area contributed by atoms with Gasteiger partial charge in [0.1, 0.15) is 17.3 Å². The second-order valence-electron chi connectivity index (χ2n) is 6.73. The molecule has 1 aliphatic heterocycles. The molecule has 158 valence electrons. The summed E-state index contributed by atoms with van der Waals surface area (Å²) in [6, 6.07) is 11.6. The van der Waals surface area contributed by atoms with Crippen LogP contribution < -0.4 is 20.3 Å². The maximum atomic E-state index is 12.2. The number of nitrogens with one attached hydrogen (secondary N) is 2. The van der Waals surface area contributed by atoms with E-state index in [9.17, 15) is 4.79 Å². The van der Waals surface area contributed by atoms with Gasteiger partial charge in [0.2, 0.25) is 0 Å². The number of amides is 1. The predicted octanol–water partition coefficient (Wildman–Crippen LogP) is 3.64. The number of halogens is 1. The molecule has 0 radical (unpaired) electrons. The molecule has 0 fully saturated rings. The predicted molar refractivity (Wildman–Crippen MR) is 125 cm³/mol. The molecule has 1 amide bonds. The van der Waals surface area contributed by atoms with Gasteiger partial charge in [0.15, 0.2) is 12.6 Å². The van der Waals surface area contributed by atoms with E-state index >= 15 is 0 Å². The maximum absolute atomic E-state index is 12.2. The van der Waals surface area contributed by atoms with E-state index in [1.807, 2.05) is 57.2 Å². The van der Waals surface area contributed by atoms with Gasteiger partial charge in [-0.3, -0.25) is 9.79 Å². The highest BCUT2D eigenvalue weighted by Gasteiger charge is 2.24. The van der Waals surface area contributed by atoms with Crippen LogP contribution in [-0.2, 0) is 4.79 Å². The quantitative estimate of drug-likeness (QED) is 0.257. The van der Waals surface area contributed by atoms with Gasteiger partial charge >= 0.3 is 0 Å². The number of para-hydroxylation sites is 2. The van der Waals surface area contributed by atoms with Gasteiger partial charge in [-0.25, -0.2) is 0 Å². The summed E-state index contributed by atoms with van der Waals surface area (Å²) >= 11 is 0. The fourth-order valence-corrected chi connectivity index (χ4v) is 3.10. The molecule has 2 aromatic rings. The second-order valence-corrected chi connectivity index (χ2v) is 6.73. The molecule has 29 heavy (non-hydrogen) atoms. The van der Waals surface area contributed by atoms with Crippen molar-refractivity contribution in [2.75, 3.05) is 31.1 Å². The third-order valence-electron chi connectivity index (χ3n) is 4.50. The molecule has 3 rings (SSSR count). The normalized spacial score (nSPS) is 14.5. The number of benzene rings is 1. The minimum Gasteiger partial charge on any atom is -0.482 e. The molecule has 0 aliphatic carbocycles. The molecular formula is C21H29IN4O3. The number of guanidine groups is 1. The summed E-state index contributed by atoms with van der Waals surface area (Å²) in [5, 5.41) is 6.60. The molecule has 8 heteroatoms. The topological polar surface area (TPSA) is 79.1 Å². The average molecular weight is 512 g/mol. The molecule has 1 aromatic heterocycles. The van der Waals surface area contributed by atoms with E-state index in [1.54, 1.807) is 4.90 Å². The number of hydrogen-bond acceptors (Lipinski definition) is 4. The highest BCUT2D eigenvalue weighted by molar-refractivity contribution is 14.0. The van der Waals surface area contributed by atoms with E-state index in [-0.39, 0.29) is 42.5 Å². The molecule has 1 aliphatic rings. The lowest BCUT2D eigenvalue weighted by Gasteiger charge is -2.29. The van der Waals surface area contributed by atoms with Crippen LogP contribution in [0.2, 0.25) is 0 Å². The number of furan rings is 1. The maximum Gasteiger partial charge on any atom is 0.265 e. The lowest BCUT2D eigenvalue weighted by molar-refractivity contribution is -0.121. The van der Waals surface area contributed by atoms with Crippen molar-refractivity contribution < 1.29 is 13.9 Å². The van der Waals surface area contributed by atoms with Gasteiger partial charge in [-0.15, -0.1) is 24.0 Å². The minimum atomic E-state index is -0.0190. The number of aliphatic imine (C=N–C) groups is 1. The molecule has 0 bridgehead atoms. The van der Waals surface area contributed by atoms with Crippen molar-refractivity contribution in [3.05, 3.63) is 47.9 Å². The van der Waals surface area contributed by atoms with Crippen molar-refractivity contribution in [3.63, 3.8) is 0 Å². The molecule has 0 saturated carbocycles. The number of carbonyl (C=O) groups excluding carboxylic acids is 1. The number of fused-ring (bicyclic) bond motifs is 1. The van der Waals surface area contributed by atoms with Crippen LogP contribution >= 0.6 is 24.0 Å². The number of nitrogens with zero attached hydrogens (tertiary/aromatic N) is 2. The number of carbonyl (C=O) groups is 1. The smallest absolute Gasteiger partial charge is 0.265 e. The van der Waals surface area contributed by atoms with Crippen molar-refractivity contribution >= 4 is 41.5 Å². The molecule has 0 saturated heterocycles. The number of hydrogen-bond donors (Lipinski definition) is 2. The summed E-state index contributed by atoms with van der Waals surface area (Å²) in [6.45, 7) is 8.06. The molecule has 2 N–H and O–H groups in total. The third-order valence-corrected chi connectivity index (χ3v) is 4.50. The molecule has 0 spiro atoms. The zero-order valence-corrected chi connectivity index (χ0v) is 19.4. The summed E-state index contributed by atoms with van der Waals surface area (Å²) < 4.78 is 11.2. The van der Waals surface area contributed by atoms with Crippen molar-refractivity contribution in [1.29, 1.82) is 0 Å². The Labute approximate surface area is 188 Å². The van der Waals surface area contributed by atoms with E-state index in [0.29, 0.717) is 13.1 Å². The Morgan fingerprint density at radius 3 is 2.79 bits per heavy atom. The van der Waals surface area contributed by atoms with Gasteiger partial charge in [-0.2, -0.15) is 0 Å². The van der Waals surface area contributed by atoms with E-state index in [4.69, 9.17) is 9.15 Å². The van der Waals surface area contributed by atoms with E-state index in [0.717, 1.165) is 41.9 Å². The molecule has 1 aromatic carbocycles. The fourth-order valence-electron chi connectivity index (χ4n) is 3.10. The molecule has 2 heterocycles. The zero-order chi connectivity index (χ0) is 19.9. The summed E-state index contributed by atoms with van der Waals surface area (Å²) in [6.07, 6.45) is 0.755. The summed E-state index contributed by atoms with van der Waals surface area (Å²) in [5.74, 6) is 3.23. The second kappa shape index (κ2) is 11.1. The molecule has 1 unspecified atom stereocenters. The SMILES string of the molecule is CCNC(=NCCCN1C(=O)COc2ccccc21)NC(C)c1ccc(C)o1.I. The fraction of sp³-hybridized carbons (Fsp3) is 0.429. The van der Waals surface area contributed by atoms with Gasteiger partial charge in [0, 0.05) is 19.6 Å². The Morgan fingerprint density at radius 2 is 2.07 bits per heavy atom. The monoisotopic (exact) mass is 512 g/mol. The number of aryl methyl sites for hydroxylation is 1. The first-order valence-corrected chi connectivity index (χ1v) is 9.72. The van der Waals surface area contributed by atoms with Crippen LogP contribution in [-0.4, -0.2) is 38.1 Å². The van der Waals surface area contributed by atoms with Crippen LogP contribution in [0.4, 0.5) is 5.69 Å². The number of anilines is 1. The van der Waals surface area contributed by atoms with Crippen LogP contribution in [0.25, 0.3) is 0 Å². The molecule has 1 atom stereocenters. The van der Waals surface area contributed by atoms with Gasteiger partial charge in [-0.1, -0.05) is 12.1 Å². The van der Waals surface area contributed by atoms with Crippen LogP contribution in [0.5, 0.6) is 5.75 Å². The Hall–Kier alpha value is -2.23. The lowest BCUT2D eigenvalue weighted by atomic mass is 10.2. The van der Waals surface area contributed by atoms with E-state index in [1.165, 1.54) is 0 Å². The Balaban J connectivity index is 0.00000300. The molecular weight excluding hydrogens is 483 g/mol. The number of rotatable bonds is 7. The van der Waals surface area contributed by atoms with Crippen LogP contribution in [0, 0.1) is 6.92 Å². The minimum absolute atomic E-state index is 0. The Morgan fingerprint density at radius 1 is 1.28 bits per heavy atom. The largest absolute Gasteiger partial charge is 0.482 e. The zero-order valence-electron chi connectivity index (χ0n) is 17.1. The van der Waals surface area contributed by atoms with E-state index in [2.05, 4.69) is 15.6 Å². The lowest BCUT2D eigenvalue weighted by Crippen LogP contribution is -2.40. The summed E-state index contributed by atoms with van der Waals surface area (Å²) in [5.41, 5.74) is 0.828. The first kappa shape index (κ1) is 23.1. The van der Waals surface area contributed by atoms with Gasteiger partial charge in [-0.05, 0) is 51.5 Å². The summed E-state index contributed by atoms with van der Waals surface area (Å²) in [7, 11) is 0. The first-order valence-electron chi connectivity index (χ1n) is 9.72. The highest BCUT2D eigenvalue weighted by Crippen LogP contribution is 2.31. The van der Waals surface area contributed by atoms with Gasteiger partial charge in [0.05, 0.1) is 11.7 Å². The highest BCUT2D eigenvalue weighted by atomic mass is 127. The van der Waals surface area contributed by atoms with Gasteiger partial charge in [0.25, 0.3) is 5.91 Å². The Bertz CT molecular complexity index is 837. The van der Waals surface area contributed by atoms with Crippen molar-refractivity contribution in [2.45, 2.75) is 33.2 Å². The summed E-state index contributed by atoms with van der Waals surface area (Å²) in [4.78, 5) is 18.6. The average Bonchev–Trinajstić information content (AvgIpc) is 3.13. The Kier molecular flexibility index (Phi) is 8.81. The van der Waals surface area contributed by atoms with Gasteiger partial charge < -0.3 is 24.7 Å². The molecule has 7 nitrogen and oxygen atoms in total. The van der Waals surface area contributed by atoms with Crippen molar-refractivity contribution in [1.82, 2.24) is 10.6 Å². The van der Waals surface area contributed by atoms with Crippen LogP contribution in [0.1, 0.15) is 37.8 Å².